The van der Waals surface area contributed by atoms with E-state index in [9.17, 15) is 19.2 Å². The van der Waals surface area contributed by atoms with Gasteiger partial charge in [0.15, 0.2) is 6.10 Å². The Labute approximate surface area is 296 Å². The first-order valence-corrected chi connectivity index (χ1v) is 18.4. The molecule has 4 aliphatic heterocycles. The van der Waals surface area contributed by atoms with Gasteiger partial charge in [0.25, 0.3) is 5.91 Å². The molecule has 0 radical (unpaired) electrons. The van der Waals surface area contributed by atoms with Crippen LogP contribution in [0, 0.1) is 25.7 Å². The Bertz CT molecular complexity index is 1530. The maximum atomic E-state index is 14.2. The number of anilines is 1. The van der Waals surface area contributed by atoms with Gasteiger partial charge < -0.3 is 34.4 Å². The number of carbonyl (C=O) groups is 4. The van der Waals surface area contributed by atoms with E-state index in [4.69, 9.17) is 9.47 Å². The number of fused-ring (bicyclic) bond motifs is 1. The van der Waals surface area contributed by atoms with E-state index in [2.05, 4.69) is 17.3 Å². The second-order valence-corrected chi connectivity index (χ2v) is 14.8. The molecule has 0 aromatic heterocycles. The number of carbonyl (C=O) groups excluding carboxylic acids is 4. The number of hydrogen-bond acceptors (Lipinski definition) is 7. The lowest BCUT2D eigenvalue weighted by Crippen LogP contribution is -2.52. The van der Waals surface area contributed by atoms with Gasteiger partial charge in [0.05, 0.1) is 0 Å². The van der Waals surface area contributed by atoms with Gasteiger partial charge in [-0.25, -0.2) is 9.59 Å². The number of ether oxygens (including phenoxy) is 2. The van der Waals surface area contributed by atoms with Crippen molar-refractivity contribution < 1.29 is 28.7 Å². The van der Waals surface area contributed by atoms with Crippen LogP contribution >= 0.6 is 0 Å². The number of para-hydroxylation sites is 1. The number of urea groups is 1. The SMILES string of the molecule is CC(=O)Oc1c(C)cc(C[C@@H](OC(=O)N2CCC(N3CCc4ccccc4NC3=O)CC2)C(=O)N2CCC(C3CCN(C)CC3)CC2)cc1C. The smallest absolute Gasteiger partial charge is 0.410 e. The van der Waals surface area contributed by atoms with Crippen LogP contribution in [0.5, 0.6) is 5.75 Å². The Morgan fingerprint density at radius 1 is 0.840 bits per heavy atom. The number of benzene rings is 2. The summed E-state index contributed by atoms with van der Waals surface area (Å²) in [4.78, 5) is 60.5. The average molecular weight is 688 g/mol. The molecule has 50 heavy (non-hydrogen) atoms. The minimum atomic E-state index is -0.978. The van der Waals surface area contributed by atoms with Crippen molar-refractivity contribution in [3.8, 4) is 5.75 Å². The zero-order chi connectivity index (χ0) is 35.4. The van der Waals surface area contributed by atoms with Gasteiger partial charge in [-0.15, -0.1) is 0 Å². The van der Waals surface area contributed by atoms with Crippen LogP contribution in [0.25, 0.3) is 0 Å². The quantitative estimate of drug-likeness (QED) is 0.306. The Morgan fingerprint density at radius 3 is 2.08 bits per heavy atom. The Kier molecular flexibility index (Phi) is 11.3. The maximum absolute atomic E-state index is 14.2. The fourth-order valence-electron chi connectivity index (χ4n) is 8.45. The normalized spacial score (nSPS) is 20.5. The van der Waals surface area contributed by atoms with Gasteiger partial charge in [-0.2, -0.15) is 0 Å². The predicted octanol–water partition coefficient (Wildman–Crippen LogP) is 5.41. The van der Waals surface area contributed by atoms with Crippen LogP contribution in [0.1, 0.15) is 67.7 Å². The fourth-order valence-corrected chi connectivity index (χ4v) is 8.45. The van der Waals surface area contributed by atoms with E-state index < -0.39 is 12.2 Å². The monoisotopic (exact) mass is 687 g/mol. The molecule has 4 amide bonds. The number of piperidine rings is 3. The molecule has 2 aromatic rings. The Hall–Kier alpha value is -4.12. The molecule has 0 aliphatic carbocycles. The van der Waals surface area contributed by atoms with Gasteiger partial charge in [0, 0.05) is 57.8 Å². The lowest BCUT2D eigenvalue weighted by molar-refractivity contribution is -0.142. The highest BCUT2D eigenvalue weighted by atomic mass is 16.6. The molecule has 0 bridgehead atoms. The minimum absolute atomic E-state index is 0.0123. The molecule has 1 atom stereocenters. The molecule has 0 spiro atoms. The molecule has 11 heteroatoms. The Morgan fingerprint density at radius 2 is 1.44 bits per heavy atom. The molecule has 2 aromatic carbocycles. The first-order valence-electron chi connectivity index (χ1n) is 18.4. The minimum Gasteiger partial charge on any atom is -0.436 e. The highest BCUT2D eigenvalue weighted by Crippen LogP contribution is 2.33. The highest BCUT2D eigenvalue weighted by Gasteiger charge is 2.37. The summed E-state index contributed by atoms with van der Waals surface area (Å²) in [6.45, 7) is 10.2. The number of amides is 4. The molecule has 11 nitrogen and oxygen atoms in total. The van der Waals surface area contributed by atoms with E-state index in [0.717, 1.165) is 60.3 Å². The number of nitrogens with zero attached hydrogens (tertiary/aromatic N) is 4. The third-order valence-electron chi connectivity index (χ3n) is 11.3. The fraction of sp³-hybridized carbons (Fsp3) is 0.590. The summed E-state index contributed by atoms with van der Waals surface area (Å²) in [7, 11) is 2.18. The van der Waals surface area contributed by atoms with E-state index in [1.807, 2.05) is 60.0 Å². The molecule has 0 saturated carbocycles. The molecule has 1 N–H and O–H groups in total. The van der Waals surface area contributed by atoms with Crippen LogP contribution in [0.3, 0.4) is 0 Å². The van der Waals surface area contributed by atoms with Gasteiger partial charge in [0.2, 0.25) is 0 Å². The zero-order valence-electron chi connectivity index (χ0n) is 30.1. The molecule has 4 heterocycles. The van der Waals surface area contributed by atoms with Crippen molar-refractivity contribution in [1.29, 1.82) is 0 Å². The van der Waals surface area contributed by atoms with Crippen LogP contribution < -0.4 is 10.1 Å². The molecule has 0 unspecified atom stereocenters. The average Bonchev–Trinajstić information content (AvgIpc) is 3.27. The van der Waals surface area contributed by atoms with Crippen LogP contribution in [-0.4, -0.2) is 109 Å². The van der Waals surface area contributed by atoms with Crippen LogP contribution in [0.2, 0.25) is 0 Å². The summed E-state index contributed by atoms with van der Waals surface area (Å²) in [6, 6.07) is 11.6. The predicted molar refractivity (Wildman–Crippen MR) is 191 cm³/mol. The first kappa shape index (κ1) is 35.7. The van der Waals surface area contributed by atoms with Crippen LogP contribution in [-0.2, 0) is 27.2 Å². The summed E-state index contributed by atoms with van der Waals surface area (Å²) in [5, 5.41) is 3.05. The van der Waals surface area contributed by atoms with E-state index >= 15 is 0 Å². The third kappa shape index (κ3) is 8.42. The highest BCUT2D eigenvalue weighted by molar-refractivity contribution is 5.91. The lowest BCUT2D eigenvalue weighted by Gasteiger charge is -2.40. The topological polar surface area (TPSA) is 112 Å². The molecule has 3 fully saturated rings. The van der Waals surface area contributed by atoms with Gasteiger partial charge in [0.1, 0.15) is 5.75 Å². The van der Waals surface area contributed by atoms with Crippen molar-refractivity contribution >= 4 is 29.7 Å². The molecule has 6 rings (SSSR count). The molecular weight excluding hydrogens is 634 g/mol. The number of nitrogens with one attached hydrogen (secondary N) is 1. The van der Waals surface area contributed by atoms with E-state index in [1.165, 1.54) is 19.8 Å². The maximum Gasteiger partial charge on any atom is 0.410 e. The van der Waals surface area contributed by atoms with Crippen LogP contribution in [0.15, 0.2) is 36.4 Å². The van der Waals surface area contributed by atoms with Crippen molar-refractivity contribution in [1.82, 2.24) is 19.6 Å². The molecule has 270 valence electrons. The number of rotatable bonds is 7. The van der Waals surface area contributed by atoms with Crippen LogP contribution in [0.4, 0.5) is 15.3 Å². The third-order valence-corrected chi connectivity index (χ3v) is 11.3. The summed E-state index contributed by atoms with van der Waals surface area (Å²) in [6.07, 6.45) is 5.17. The van der Waals surface area contributed by atoms with Gasteiger partial charge in [-0.3, -0.25) is 9.59 Å². The second-order valence-electron chi connectivity index (χ2n) is 14.8. The van der Waals surface area contributed by atoms with E-state index in [1.54, 1.807) is 4.90 Å². The summed E-state index contributed by atoms with van der Waals surface area (Å²) in [5.41, 5.74) is 4.39. The summed E-state index contributed by atoms with van der Waals surface area (Å²) in [5.74, 6) is 1.30. The number of hydrogen-bond donors (Lipinski definition) is 1. The van der Waals surface area contributed by atoms with E-state index in [0.29, 0.717) is 63.2 Å². The second kappa shape index (κ2) is 15.8. The Balaban J connectivity index is 1.10. The summed E-state index contributed by atoms with van der Waals surface area (Å²) < 4.78 is 11.5. The number of aryl methyl sites for hydroxylation is 2. The number of likely N-dealkylation sites (tertiary alicyclic amines) is 3. The largest absolute Gasteiger partial charge is 0.436 e. The molecular formula is C39H53N5O6. The van der Waals surface area contributed by atoms with Crippen molar-refractivity contribution in [2.75, 3.05) is 58.2 Å². The summed E-state index contributed by atoms with van der Waals surface area (Å²) >= 11 is 0. The zero-order valence-corrected chi connectivity index (χ0v) is 30.1. The lowest BCUT2D eigenvalue weighted by atomic mass is 9.79. The van der Waals surface area contributed by atoms with Crippen molar-refractivity contribution in [2.45, 2.75) is 84.3 Å². The van der Waals surface area contributed by atoms with Gasteiger partial charge in [-0.1, -0.05) is 30.3 Å². The standard InChI is InChI=1S/C39H53N5O6/c1-26-23-29(24-27(2)36(26)49-28(3)45)25-35(37(46)42-18-11-31(12-19-42)30-9-16-41(4)17-10-30)50-39(48)43-20-14-33(15-21-43)44-22-13-32-7-5-6-8-34(32)40-38(44)47/h5-8,23-24,30-31,33,35H,9-22,25H2,1-4H3,(H,40,47)/t35-/m1/s1. The van der Waals surface area contributed by atoms with Gasteiger partial charge in [-0.05, 0) is 119 Å². The van der Waals surface area contributed by atoms with Crippen molar-refractivity contribution in [2.24, 2.45) is 11.8 Å². The van der Waals surface area contributed by atoms with Gasteiger partial charge >= 0.3 is 18.1 Å². The van der Waals surface area contributed by atoms with Crippen molar-refractivity contribution in [3.63, 3.8) is 0 Å². The molecule has 3 saturated heterocycles. The molecule has 4 aliphatic rings. The van der Waals surface area contributed by atoms with Crippen molar-refractivity contribution in [3.05, 3.63) is 58.7 Å². The first-order chi connectivity index (χ1) is 24.0. The van der Waals surface area contributed by atoms with E-state index in [-0.39, 0.29) is 30.4 Å². The number of esters is 1.